The van der Waals surface area contributed by atoms with Gasteiger partial charge < -0.3 is 30.1 Å². The molecule has 0 aromatic heterocycles. The number of nitrogens with one attached hydrogen (secondary N) is 2. The van der Waals surface area contributed by atoms with E-state index in [1.807, 2.05) is 27.7 Å². The number of fused-ring (bicyclic) bond motifs is 1. The molecule has 0 radical (unpaired) electrons. The Bertz CT molecular complexity index is 1030. The molecule has 0 bridgehead atoms. The summed E-state index contributed by atoms with van der Waals surface area (Å²) in [5.74, 6) is -3.56. The van der Waals surface area contributed by atoms with E-state index < -0.39 is 65.8 Å². The summed E-state index contributed by atoms with van der Waals surface area (Å²) in [4.78, 5) is 84.5. The molecule has 2 fully saturated rings. The van der Waals surface area contributed by atoms with Gasteiger partial charge in [0.2, 0.25) is 23.6 Å². The molecule has 2 heterocycles. The van der Waals surface area contributed by atoms with E-state index in [0.717, 1.165) is 0 Å². The monoisotopic (exact) mass is 591 g/mol. The number of cyclic esters (lactones) is 1. The molecule has 2 aliphatic heterocycles. The van der Waals surface area contributed by atoms with Gasteiger partial charge in [-0.05, 0) is 38.0 Å². The van der Waals surface area contributed by atoms with Gasteiger partial charge in [0.25, 0.3) is 5.91 Å². The molecule has 42 heavy (non-hydrogen) atoms. The van der Waals surface area contributed by atoms with Crippen molar-refractivity contribution in [1.82, 2.24) is 25.3 Å². The third kappa shape index (κ3) is 8.32. The van der Waals surface area contributed by atoms with E-state index in [9.17, 15) is 28.8 Å². The van der Waals surface area contributed by atoms with E-state index in [1.165, 1.54) is 34.9 Å². The van der Waals surface area contributed by atoms with E-state index in [1.54, 1.807) is 6.92 Å². The van der Waals surface area contributed by atoms with Crippen LogP contribution >= 0.6 is 0 Å². The maximum atomic E-state index is 14.0. The van der Waals surface area contributed by atoms with Gasteiger partial charge in [0, 0.05) is 33.6 Å². The molecule has 12 heteroatoms. The second kappa shape index (κ2) is 15.7. The smallest absolute Gasteiger partial charge is 0.308 e. The number of ether oxygens (including phenoxy) is 1. The van der Waals surface area contributed by atoms with Gasteiger partial charge in [0.1, 0.15) is 24.2 Å². The third-order valence-corrected chi connectivity index (χ3v) is 8.38. The highest BCUT2D eigenvalue weighted by Crippen LogP contribution is 2.23. The highest BCUT2D eigenvalue weighted by atomic mass is 16.5. The first-order chi connectivity index (χ1) is 19.8. The minimum atomic E-state index is -1.17. The average Bonchev–Trinajstić information content (AvgIpc) is 2.96. The van der Waals surface area contributed by atoms with Gasteiger partial charge in [-0.25, -0.2) is 0 Å². The van der Waals surface area contributed by atoms with Crippen molar-refractivity contribution in [2.45, 2.75) is 103 Å². The highest BCUT2D eigenvalue weighted by molar-refractivity contribution is 5.96. The molecule has 0 saturated carbocycles. The van der Waals surface area contributed by atoms with Crippen LogP contribution in [0.5, 0.6) is 0 Å². The number of nitrogens with zero attached hydrogens (tertiary/aromatic N) is 3. The summed E-state index contributed by atoms with van der Waals surface area (Å²) < 4.78 is 5.49. The quantitative estimate of drug-likeness (QED) is 0.361. The highest BCUT2D eigenvalue weighted by Gasteiger charge is 2.41. The number of likely N-dealkylation sites (N-methyl/N-ethyl adjacent to an activating group) is 2. The molecule has 2 rings (SSSR count). The van der Waals surface area contributed by atoms with Gasteiger partial charge in [-0.2, -0.15) is 0 Å². The van der Waals surface area contributed by atoms with Crippen molar-refractivity contribution in [3.05, 3.63) is 12.7 Å². The number of piperidine rings is 1. The van der Waals surface area contributed by atoms with Crippen molar-refractivity contribution >= 4 is 35.5 Å². The molecule has 0 aliphatic carbocycles. The number of esters is 1. The van der Waals surface area contributed by atoms with Crippen LogP contribution in [0, 0.1) is 11.8 Å². The molecular formula is C30H49N5O7. The second-order valence-corrected chi connectivity index (χ2v) is 11.7. The van der Waals surface area contributed by atoms with Crippen molar-refractivity contribution in [1.29, 1.82) is 0 Å². The number of hydrogen-bond donors (Lipinski definition) is 2. The summed E-state index contributed by atoms with van der Waals surface area (Å²) >= 11 is 0. The van der Waals surface area contributed by atoms with Crippen LogP contribution in [0.4, 0.5) is 0 Å². The van der Waals surface area contributed by atoms with Gasteiger partial charge in [0.15, 0.2) is 6.10 Å². The van der Waals surface area contributed by atoms with E-state index >= 15 is 0 Å². The normalized spacial score (nSPS) is 28.7. The van der Waals surface area contributed by atoms with Crippen LogP contribution in [-0.2, 0) is 33.5 Å². The Morgan fingerprint density at radius 1 is 0.976 bits per heavy atom. The average molecular weight is 592 g/mol. The summed E-state index contributed by atoms with van der Waals surface area (Å²) in [6, 6.07) is -3.59. The first kappa shape index (κ1) is 34.8. The van der Waals surface area contributed by atoms with Gasteiger partial charge in [-0.1, -0.05) is 40.2 Å². The van der Waals surface area contributed by atoms with E-state index in [0.29, 0.717) is 32.2 Å². The Morgan fingerprint density at radius 3 is 2.24 bits per heavy atom. The lowest BCUT2D eigenvalue weighted by Crippen LogP contribution is -2.61. The van der Waals surface area contributed by atoms with Crippen molar-refractivity contribution in [2.75, 3.05) is 27.2 Å². The molecule has 0 aromatic carbocycles. The van der Waals surface area contributed by atoms with Gasteiger partial charge >= 0.3 is 5.97 Å². The number of hydrogen-bond acceptors (Lipinski definition) is 7. The lowest BCUT2D eigenvalue weighted by molar-refractivity contribution is -0.163. The fourth-order valence-electron chi connectivity index (χ4n) is 5.42. The fourth-order valence-corrected chi connectivity index (χ4v) is 5.42. The Morgan fingerprint density at radius 2 is 1.64 bits per heavy atom. The summed E-state index contributed by atoms with van der Waals surface area (Å²) in [7, 11) is 3.03. The van der Waals surface area contributed by atoms with E-state index in [4.69, 9.17) is 4.74 Å². The SMILES string of the molecule is C=CCC1OC(=O)CCNC(=O)C(C)N(C)C(=O)C(C(C)C)N(C)C(=O)C(C(C)CC)NC(=O)C2CCCCN2C1=O. The molecule has 6 unspecified atom stereocenters. The molecular weight excluding hydrogens is 542 g/mol. The predicted octanol–water partition coefficient (Wildman–Crippen LogP) is 1.24. The molecule has 0 aromatic rings. The van der Waals surface area contributed by atoms with Crippen LogP contribution in [0.1, 0.15) is 73.1 Å². The number of carbonyl (C=O) groups excluding carboxylic acids is 6. The van der Waals surface area contributed by atoms with Gasteiger partial charge in [-0.15, -0.1) is 6.58 Å². The molecule has 6 atom stereocenters. The van der Waals surface area contributed by atoms with Crippen molar-refractivity contribution in [3.8, 4) is 0 Å². The summed E-state index contributed by atoms with van der Waals surface area (Å²) in [6.07, 6.45) is 2.52. The summed E-state index contributed by atoms with van der Waals surface area (Å²) in [6.45, 7) is 12.9. The van der Waals surface area contributed by atoms with Crippen molar-refractivity contribution < 1.29 is 33.5 Å². The number of rotatable bonds is 5. The van der Waals surface area contributed by atoms with Crippen LogP contribution < -0.4 is 10.6 Å². The topological polar surface area (TPSA) is 145 Å². The Hall–Kier alpha value is -3.44. The molecule has 5 amide bonds. The lowest BCUT2D eigenvalue weighted by Gasteiger charge is -2.39. The molecule has 236 valence electrons. The third-order valence-electron chi connectivity index (χ3n) is 8.38. The molecule has 2 saturated heterocycles. The largest absolute Gasteiger partial charge is 0.452 e. The van der Waals surface area contributed by atoms with E-state index in [-0.39, 0.29) is 31.2 Å². The molecule has 2 N–H and O–H groups in total. The van der Waals surface area contributed by atoms with Crippen molar-refractivity contribution in [2.24, 2.45) is 11.8 Å². The Balaban J connectivity index is 2.56. The standard InChI is InChI=1S/C30H49N5O7/c1-9-13-22-28(39)35-17-12-11-14-21(35)27(38)32-24(19(5)10-2)29(40)34(8)25(18(3)4)30(41)33(7)20(6)26(37)31-16-15-23(36)42-22/h9,18-22,24-25H,1,10-17H2,2-8H3,(H,31,37)(H,32,38). The van der Waals surface area contributed by atoms with Gasteiger partial charge in [0.05, 0.1) is 6.42 Å². The maximum absolute atomic E-state index is 14.0. The minimum Gasteiger partial charge on any atom is -0.452 e. The lowest BCUT2D eigenvalue weighted by atomic mass is 9.93. The zero-order valence-electron chi connectivity index (χ0n) is 26.2. The Labute approximate surface area is 249 Å². The van der Waals surface area contributed by atoms with Crippen LogP contribution in [0.3, 0.4) is 0 Å². The summed E-state index contributed by atoms with van der Waals surface area (Å²) in [5, 5.41) is 5.54. The maximum Gasteiger partial charge on any atom is 0.308 e. The van der Waals surface area contributed by atoms with Crippen LogP contribution in [0.15, 0.2) is 12.7 Å². The zero-order chi connectivity index (χ0) is 31.7. The molecule has 2 aliphatic rings. The number of carbonyl (C=O) groups is 6. The van der Waals surface area contributed by atoms with Crippen molar-refractivity contribution in [3.63, 3.8) is 0 Å². The van der Waals surface area contributed by atoms with Crippen LogP contribution in [-0.4, -0.2) is 108 Å². The number of amides is 5. The summed E-state index contributed by atoms with van der Waals surface area (Å²) in [5.41, 5.74) is 0. The fraction of sp³-hybridized carbons (Fsp3) is 0.733. The zero-order valence-corrected chi connectivity index (χ0v) is 26.2. The van der Waals surface area contributed by atoms with Crippen LogP contribution in [0.2, 0.25) is 0 Å². The molecule has 0 spiro atoms. The molecule has 12 nitrogen and oxygen atoms in total. The van der Waals surface area contributed by atoms with Gasteiger partial charge in [-0.3, -0.25) is 28.8 Å². The Kier molecular flexibility index (Phi) is 13.0. The minimum absolute atomic E-state index is 0.0566. The van der Waals surface area contributed by atoms with Crippen LogP contribution in [0.25, 0.3) is 0 Å². The first-order valence-corrected chi connectivity index (χ1v) is 15.0. The predicted molar refractivity (Wildman–Crippen MR) is 157 cm³/mol. The second-order valence-electron chi connectivity index (χ2n) is 11.7. The first-order valence-electron chi connectivity index (χ1n) is 15.0. The van der Waals surface area contributed by atoms with E-state index in [2.05, 4.69) is 17.2 Å².